The summed E-state index contributed by atoms with van der Waals surface area (Å²) in [5.41, 5.74) is 8.42. The predicted octanol–water partition coefficient (Wildman–Crippen LogP) is 4.18. The number of benzene rings is 1. The third kappa shape index (κ3) is 4.03. The zero-order valence-corrected chi connectivity index (χ0v) is 10.8. The van der Waals surface area contributed by atoms with Crippen molar-refractivity contribution in [3.8, 4) is 5.75 Å². The molecule has 4 heteroatoms. The predicted molar refractivity (Wildman–Crippen MR) is 71.2 cm³/mol. The lowest BCUT2D eigenvalue weighted by Gasteiger charge is -2.16. The van der Waals surface area contributed by atoms with Crippen molar-refractivity contribution in [2.24, 2.45) is 5.73 Å². The zero-order chi connectivity index (χ0) is 13.7. The SMILES string of the molecule is NC(C1=CCCCCC1)c1ccc(OC(F)F)cc1. The molecule has 0 saturated heterocycles. The lowest BCUT2D eigenvalue weighted by Crippen LogP contribution is -2.13. The fraction of sp³-hybridized carbons (Fsp3) is 0.467. The summed E-state index contributed by atoms with van der Waals surface area (Å²) in [6.07, 6.45) is 7.96. The van der Waals surface area contributed by atoms with Gasteiger partial charge < -0.3 is 10.5 Å². The molecular weight excluding hydrogens is 248 g/mol. The van der Waals surface area contributed by atoms with Gasteiger partial charge >= 0.3 is 6.61 Å². The molecular formula is C15H19F2NO. The van der Waals surface area contributed by atoms with Crippen molar-refractivity contribution in [3.63, 3.8) is 0 Å². The number of allylic oxidation sites excluding steroid dienone is 1. The van der Waals surface area contributed by atoms with Crippen molar-refractivity contribution in [2.45, 2.75) is 44.8 Å². The molecule has 1 aromatic rings. The van der Waals surface area contributed by atoms with Crippen LogP contribution in [-0.2, 0) is 0 Å². The molecule has 1 atom stereocenters. The number of nitrogens with two attached hydrogens (primary N) is 1. The first kappa shape index (κ1) is 14.0. The van der Waals surface area contributed by atoms with E-state index >= 15 is 0 Å². The van der Waals surface area contributed by atoms with Crippen molar-refractivity contribution in [1.82, 2.24) is 0 Å². The highest BCUT2D eigenvalue weighted by molar-refractivity contribution is 5.33. The lowest BCUT2D eigenvalue weighted by atomic mass is 9.96. The lowest BCUT2D eigenvalue weighted by molar-refractivity contribution is -0.0498. The molecule has 0 amide bonds. The van der Waals surface area contributed by atoms with Gasteiger partial charge in [0.2, 0.25) is 0 Å². The van der Waals surface area contributed by atoms with E-state index in [0.717, 1.165) is 18.4 Å². The van der Waals surface area contributed by atoms with Gasteiger partial charge in [0, 0.05) is 0 Å². The molecule has 0 bridgehead atoms. The van der Waals surface area contributed by atoms with E-state index in [1.807, 2.05) is 0 Å². The largest absolute Gasteiger partial charge is 0.435 e. The second-order valence-electron chi connectivity index (χ2n) is 4.80. The average molecular weight is 267 g/mol. The Bertz CT molecular complexity index is 428. The molecule has 2 N–H and O–H groups in total. The number of rotatable bonds is 4. The number of hydrogen-bond acceptors (Lipinski definition) is 2. The van der Waals surface area contributed by atoms with Crippen LogP contribution in [-0.4, -0.2) is 6.61 Å². The average Bonchev–Trinajstić information content (AvgIpc) is 2.67. The Morgan fingerprint density at radius 2 is 1.79 bits per heavy atom. The van der Waals surface area contributed by atoms with Crippen LogP contribution in [0.1, 0.15) is 43.7 Å². The molecule has 0 fully saturated rings. The van der Waals surface area contributed by atoms with E-state index < -0.39 is 6.61 Å². The van der Waals surface area contributed by atoms with E-state index in [-0.39, 0.29) is 11.8 Å². The molecule has 1 unspecified atom stereocenters. The molecule has 0 spiro atoms. The van der Waals surface area contributed by atoms with Gasteiger partial charge in [0.05, 0.1) is 6.04 Å². The first-order valence-corrected chi connectivity index (χ1v) is 6.66. The van der Waals surface area contributed by atoms with Crippen LogP contribution in [0.5, 0.6) is 5.75 Å². The minimum absolute atomic E-state index is 0.140. The molecule has 1 aromatic carbocycles. The maximum Gasteiger partial charge on any atom is 0.387 e. The van der Waals surface area contributed by atoms with Gasteiger partial charge in [-0.05, 0) is 43.4 Å². The smallest absolute Gasteiger partial charge is 0.387 e. The zero-order valence-electron chi connectivity index (χ0n) is 10.8. The Morgan fingerprint density at radius 3 is 2.47 bits per heavy atom. The summed E-state index contributed by atoms with van der Waals surface area (Å²) in [6.45, 7) is -2.79. The maximum atomic E-state index is 12.1. The molecule has 1 aliphatic carbocycles. The molecule has 0 heterocycles. The normalized spacial score (nSPS) is 17.8. The summed E-state index contributed by atoms with van der Waals surface area (Å²) in [6, 6.07) is 6.46. The van der Waals surface area contributed by atoms with E-state index in [0.29, 0.717) is 0 Å². The molecule has 0 radical (unpaired) electrons. The first-order valence-electron chi connectivity index (χ1n) is 6.66. The highest BCUT2D eigenvalue weighted by Crippen LogP contribution is 2.28. The van der Waals surface area contributed by atoms with Gasteiger partial charge in [0.15, 0.2) is 0 Å². The Morgan fingerprint density at radius 1 is 1.05 bits per heavy atom. The number of alkyl halides is 2. The molecule has 104 valence electrons. The van der Waals surface area contributed by atoms with Crippen molar-refractivity contribution < 1.29 is 13.5 Å². The Labute approximate surface area is 112 Å². The van der Waals surface area contributed by atoms with Crippen LogP contribution in [0.15, 0.2) is 35.9 Å². The van der Waals surface area contributed by atoms with E-state index in [2.05, 4.69) is 10.8 Å². The third-order valence-electron chi connectivity index (χ3n) is 3.44. The third-order valence-corrected chi connectivity index (χ3v) is 3.44. The standard InChI is InChI=1S/C15H19F2NO/c16-15(17)19-13-9-7-12(8-10-13)14(18)11-5-3-1-2-4-6-11/h5,7-10,14-15H,1-4,6,18H2. The van der Waals surface area contributed by atoms with E-state index in [9.17, 15) is 8.78 Å². The van der Waals surface area contributed by atoms with Crippen LogP contribution >= 0.6 is 0 Å². The maximum absolute atomic E-state index is 12.1. The topological polar surface area (TPSA) is 35.2 Å². The second kappa shape index (κ2) is 6.66. The Balaban J connectivity index is 2.06. The number of ether oxygens (including phenoxy) is 1. The van der Waals surface area contributed by atoms with Crippen molar-refractivity contribution in [1.29, 1.82) is 0 Å². The molecule has 0 saturated carbocycles. The molecule has 0 aliphatic heterocycles. The highest BCUT2D eigenvalue weighted by Gasteiger charge is 2.14. The fourth-order valence-corrected chi connectivity index (χ4v) is 2.39. The van der Waals surface area contributed by atoms with E-state index in [4.69, 9.17) is 5.73 Å². The molecule has 2 rings (SSSR count). The minimum Gasteiger partial charge on any atom is -0.435 e. The number of halogens is 2. The minimum atomic E-state index is -2.79. The van der Waals surface area contributed by atoms with Crippen LogP contribution < -0.4 is 10.5 Å². The Hall–Kier alpha value is -1.42. The molecule has 2 nitrogen and oxygen atoms in total. The summed E-state index contributed by atoms with van der Waals surface area (Å²) in [5, 5.41) is 0. The summed E-state index contributed by atoms with van der Waals surface area (Å²) in [5.74, 6) is 0.167. The van der Waals surface area contributed by atoms with Gasteiger partial charge in [-0.3, -0.25) is 0 Å². The summed E-state index contributed by atoms with van der Waals surface area (Å²) in [7, 11) is 0. The summed E-state index contributed by atoms with van der Waals surface area (Å²) < 4.78 is 28.4. The van der Waals surface area contributed by atoms with Gasteiger partial charge in [-0.2, -0.15) is 8.78 Å². The van der Waals surface area contributed by atoms with E-state index in [1.165, 1.54) is 24.8 Å². The monoisotopic (exact) mass is 267 g/mol. The van der Waals surface area contributed by atoms with Crippen LogP contribution in [0, 0.1) is 0 Å². The molecule has 0 aromatic heterocycles. The fourth-order valence-electron chi connectivity index (χ4n) is 2.39. The van der Waals surface area contributed by atoms with Gasteiger partial charge in [-0.1, -0.05) is 30.2 Å². The van der Waals surface area contributed by atoms with Crippen LogP contribution in [0.4, 0.5) is 8.78 Å². The van der Waals surface area contributed by atoms with Gasteiger partial charge in [-0.15, -0.1) is 0 Å². The van der Waals surface area contributed by atoms with Crippen molar-refractivity contribution >= 4 is 0 Å². The molecule has 19 heavy (non-hydrogen) atoms. The van der Waals surface area contributed by atoms with Gasteiger partial charge in [-0.25, -0.2) is 0 Å². The quantitative estimate of drug-likeness (QED) is 0.831. The molecule has 1 aliphatic rings. The van der Waals surface area contributed by atoms with Crippen LogP contribution in [0.25, 0.3) is 0 Å². The Kier molecular flexibility index (Phi) is 4.91. The van der Waals surface area contributed by atoms with Crippen molar-refractivity contribution in [3.05, 3.63) is 41.5 Å². The van der Waals surface area contributed by atoms with Crippen LogP contribution in [0.2, 0.25) is 0 Å². The summed E-state index contributed by atoms with van der Waals surface area (Å²) in [4.78, 5) is 0. The number of hydrogen-bond donors (Lipinski definition) is 1. The van der Waals surface area contributed by atoms with E-state index in [1.54, 1.807) is 24.3 Å². The van der Waals surface area contributed by atoms with Crippen molar-refractivity contribution in [2.75, 3.05) is 0 Å². The summed E-state index contributed by atoms with van der Waals surface area (Å²) >= 11 is 0. The first-order chi connectivity index (χ1) is 9.16. The van der Waals surface area contributed by atoms with Crippen LogP contribution in [0.3, 0.4) is 0 Å². The van der Waals surface area contributed by atoms with Gasteiger partial charge in [0.25, 0.3) is 0 Å². The second-order valence-corrected chi connectivity index (χ2v) is 4.80. The highest BCUT2D eigenvalue weighted by atomic mass is 19.3. The van der Waals surface area contributed by atoms with Gasteiger partial charge in [0.1, 0.15) is 5.75 Å².